The first-order chi connectivity index (χ1) is 11.0. The van der Waals surface area contributed by atoms with Gasteiger partial charge in [0.1, 0.15) is 0 Å². The van der Waals surface area contributed by atoms with Crippen LogP contribution in [0.25, 0.3) is 5.69 Å². The van der Waals surface area contributed by atoms with Gasteiger partial charge in [-0.1, -0.05) is 13.8 Å². The lowest BCUT2D eigenvalue weighted by atomic mass is 10.1. The monoisotopic (exact) mass is 388 g/mol. The molecule has 138 valence electrons. The number of carbonyl (C=O) groups excluding carboxylic acids is 2. The van der Waals surface area contributed by atoms with Crippen LogP contribution in [0.5, 0.6) is 0 Å². The van der Waals surface area contributed by atoms with Gasteiger partial charge in [-0.2, -0.15) is 0 Å². The molecular formula is C15H22Cl2N6O2. The van der Waals surface area contributed by atoms with Gasteiger partial charge in [-0.25, -0.2) is 4.98 Å². The quantitative estimate of drug-likeness (QED) is 0.686. The average Bonchev–Trinajstić information content (AvgIpc) is 3.06. The molecule has 2 heterocycles. The zero-order valence-corrected chi connectivity index (χ0v) is 15.5. The summed E-state index contributed by atoms with van der Waals surface area (Å²) in [6.45, 7) is 3.53. The molecule has 0 aromatic carbocycles. The van der Waals surface area contributed by atoms with Gasteiger partial charge in [-0.15, -0.1) is 24.8 Å². The molecule has 0 radical (unpaired) electrons. The fourth-order valence-corrected chi connectivity index (χ4v) is 1.89. The molecule has 4 N–H and O–H groups in total. The minimum atomic E-state index is -0.636. The van der Waals surface area contributed by atoms with Crippen LogP contribution in [-0.2, 0) is 9.59 Å². The highest BCUT2D eigenvalue weighted by atomic mass is 35.5. The number of carbonyl (C=O) groups is 2. The summed E-state index contributed by atoms with van der Waals surface area (Å²) in [6.07, 6.45) is 8.17. The third-order valence-electron chi connectivity index (χ3n) is 3.30. The first-order valence-electron chi connectivity index (χ1n) is 7.24. The van der Waals surface area contributed by atoms with Gasteiger partial charge in [-0.3, -0.25) is 14.6 Å². The molecule has 0 fully saturated rings. The Hall–Kier alpha value is -2.16. The number of nitrogens with zero attached hydrogens (tertiary/aromatic N) is 3. The molecule has 0 aliphatic rings. The molecule has 1 atom stereocenters. The maximum Gasteiger partial charge on any atom is 0.243 e. The molecule has 2 aromatic heterocycles. The fraction of sp³-hybridized carbons (Fsp3) is 0.333. The molecule has 0 spiro atoms. The Morgan fingerprint density at radius 3 is 2.56 bits per heavy atom. The Labute approximate surface area is 158 Å². The maximum atomic E-state index is 12.0. The lowest BCUT2D eigenvalue weighted by Gasteiger charge is -2.15. The fourth-order valence-electron chi connectivity index (χ4n) is 1.89. The van der Waals surface area contributed by atoms with E-state index in [0.717, 1.165) is 5.69 Å². The first kappa shape index (κ1) is 22.8. The van der Waals surface area contributed by atoms with E-state index in [2.05, 4.69) is 20.6 Å². The van der Waals surface area contributed by atoms with Crippen molar-refractivity contribution in [1.29, 1.82) is 0 Å². The SMILES string of the molecule is CC(C)[C@H](N)C(=O)NCC(=O)Nc1cnccc1-n1ccnc1.Cl.Cl. The Morgan fingerprint density at radius 1 is 1.24 bits per heavy atom. The third-order valence-corrected chi connectivity index (χ3v) is 3.30. The van der Waals surface area contributed by atoms with E-state index in [0.29, 0.717) is 5.69 Å². The van der Waals surface area contributed by atoms with Crippen LogP contribution in [0, 0.1) is 5.92 Å². The normalized spacial score (nSPS) is 11.0. The van der Waals surface area contributed by atoms with Crippen LogP contribution in [0.4, 0.5) is 5.69 Å². The molecule has 0 aliphatic carbocycles. The Kier molecular flexibility index (Phi) is 9.73. The van der Waals surface area contributed by atoms with Crippen molar-refractivity contribution in [2.45, 2.75) is 19.9 Å². The number of aromatic nitrogens is 3. The summed E-state index contributed by atoms with van der Waals surface area (Å²) >= 11 is 0. The van der Waals surface area contributed by atoms with Gasteiger partial charge in [0.15, 0.2) is 0 Å². The Bertz CT molecular complexity index is 678. The van der Waals surface area contributed by atoms with E-state index >= 15 is 0 Å². The van der Waals surface area contributed by atoms with Crippen molar-refractivity contribution in [1.82, 2.24) is 19.9 Å². The van der Waals surface area contributed by atoms with Gasteiger partial charge < -0.3 is 20.9 Å². The molecule has 2 aromatic rings. The molecule has 0 saturated carbocycles. The number of imidazole rings is 1. The number of amides is 2. The smallest absolute Gasteiger partial charge is 0.243 e. The largest absolute Gasteiger partial charge is 0.346 e. The van der Waals surface area contributed by atoms with Gasteiger partial charge in [0.25, 0.3) is 0 Å². The number of halogens is 2. The molecule has 25 heavy (non-hydrogen) atoms. The first-order valence-corrected chi connectivity index (χ1v) is 7.24. The van der Waals surface area contributed by atoms with Crippen LogP contribution in [0.3, 0.4) is 0 Å². The van der Waals surface area contributed by atoms with Gasteiger partial charge in [-0.05, 0) is 12.0 Å². The summed E-state index contributed by atoms with van der Waals surface area (Å²) in [5, 5.41) is 5.24. The molecule has 10 heteroatoms. The molecule has 0 aliphatic heterocycles. The van der Waals surface area contributed by atoms with Gasteiger partial charge in [0.2, 0.25) is 11.8 Å². The van der Waals surface area contributed by atoms with Crippen LogP contribution >= 0.6 is 24.8 Å². The number of pyridine rings is 1. The topological polar surface area (TPSA) is 115 Å². The second-order valence-corrected chi connectivity index (χ2v) is 5.40. The summed E-state index contributed by atoms with van der Waals surface area (Å²) < 4.78 is 1.75. The minimum absolute atomic E-state index is 0. The molecule has 0 bridgehead atoms. The Morgan fingerprint density at radius 2 is 1.96 bits per heavy atom. The zero-order valence-electron chi connectivity index (χ0n) is 13.9. The van der Waals surface area contributed by atoms with Crippen molar-refractivity contribution in [3.63, 3.8) is 0 Å². The van der Waals surface area contributed by atoms with Crippen molar-refractivity contribution in [3.05, 3.63) is 37.2 Å². The van der Waals surface area contributed by atoms with E-state index in [4.69, 9.17) is 5.73 Å². The zero-order chi connectivity index (χ0) is 16.8. The summed E-state index contributed by atoms with van der Waals surface area (Å²) in [4.78, 5) is 31.7. The number of rotatable bonds is 6. The van der Waals surface area contributed by atoms with Gasteiger partial charge in [0.05, 0.1) is 36.5 Å². The van der Waals surface area contributed by atoms with E-state index < -0.39 is 6.04 Å². The minimum Gasteiger partial charge on any atom is -0.346 e. The average molecular weight is 389 g/mol. The summed E-state index contributed by atoms with van der Waals surface area (Å²) in [7, 11) is 0. The van der Waals surface area contributed by atoms with E-state index in [-0.39, 0.29) is 49.1 Å². The Balaban J connectivity index is 0.00000288. The van der Waals surface area contributed by atoms with Crippen LogP contribution in [0.2, 0.25) is 0 Å². The van der Waals surface area contributed by atoms with E-state index in [1.807, 2.05) is 13.8 Å². The van der Waals surface area contributed by atoms with Crippen molar-refractivity contribution in [3.8, 4) is 5.69 Å². The predicted octanol–water partition coefficient (Wildman–Crippen LogP) is 1.15. The molecule has 8 nitrogen and oxygen atoms in total. The van der Waals surface area contributed by atoms with E-state index in [1.54, 1.807) is 35.6 Å². The second kappa shape index (κ2) is 10.7. The van der Waals surface area contributed by atoms with Crippen LogP contribution in [-0.4, -0.2) is 38.9 Å². The maximum absolute atomic E-state index is 12.0. The van der Waals surface area contributed by atoms with Crippen LogP contribution < -0.4 is 16.4 Å². The van der Waals surface area contributed by atoms with Crippen LogP contribution in [0.15, 0.2) is 37.2 Å². The van der Waals surface area contributed by atoms with E-state index in [1.165, 1.54) is 6.20 Å². The highest BCUT2D eigenvalue weighted by Gasteiger charge is 2.18. The van der Waals surface area contributed by atoms with Crippen molar-refractivity contribution in [2.75, 3.05) is 11.9 Å². The number of hydrogen-bond donors (Lipinski definition) is 3. The highest BCUT2D eigenvalue weighted by molar-refractivity contribution is 5.96. The van der Waals surface area contributed by atoms with Gasteiger partial charge >= 0.3 is 0 Å². The molecule has 2 rings (SSSR count). The molecular weight excluding hydrogens is 367 g/mol. The number of nitrogens with two attached hydrogens (primary N) is 1. The standard InChI is InChI=1S/C15H20N6O2.2ClH/c1-10(2)14(16)15(23)19-8-13(22)20-11-7-17-4-3-12(11)21-6-5-18-9-21;;/h3-7,9-10,14H,8,16H2,1-2H3,(H,19,23)(H,20,22);2*1H/t14-;;/m0../s1. The lowest BCUT2D eigenvalue weighted by Crippen LogP contribution is -2.46. The summed E-state index contributed by atoms with van der Waals surface area (Å²) in [5.74, 6) is -0.705. The van der Waals surface area contributed by atoms with E-state index in [9.17, 15) is 9.59 Å². The molecule has 0 unspecified atom stereocenters. The predicted molar refractivity (Wildman–Crippen MR) is 100 cm³/mol. The van der Waals surface area contributed by atoms with Crippen molar-refractivity contribution < 1.29 is 9.59 Å². The third kappa shape index (κ3) is 6.33. The van der Waals surface area contributed by atoms with Crippen molar-refractivity contribution >= 4 is 42.3 Å². The van der Waals surface area contributed by atoms with Crippen molar-refractivity contribution in [2.24, 2.45) is 11.7 Å². The summed E-state index contributed by atoms with van der Waals surface area (Å²) in [6, 6.07) is 1.12. The van der Waals surface area contributed by atoms with Crippen LogP contribution in [0.1, 0.15) is 13.8 Å². The number of hydrogen-bond acceptors (Lipinski definition) is 5. The number of nitrogens with one attached hydrogen (secondary N) is 2. The lowest BCUT2D eigenvalue weighted by molar-refractivity contribution is -0.125. The number of anilines is 1. The van der Waals surface area contributed by atoms with Gasteiger partial charge in [0, 0.05) is 18.6 Å². The molecule has 2 amide bonds. The second-order valence-electron chi connectivity index (χ2n) is 5.40. The highest BCUT2D eigenvalue weighted by Crippen LogP contribution is 2.17. The molecule has 0 saturated heterocycles. The summed E-state index contributed by atoms with van der Waals surface area (Å²) in [5.41, 5.74) is 6.98.